The second-order valence-corrected chi connectivity index (χ2v) is 6.77. The van der Waals surface area contributed by atoms with Crippen molar-refractivity contribution >= 4 is 11.6 Å². The lowest BCUT2D eigenvalue weighted by Crippen LogP contribution is -2.51. The molecule has 1 fully saturated rings. The molecule has 1 saturated heterocycles. The molecule has 2 aromatic carbocycles. The van der Waals surface area contributed by atoms with Gasteiger partial charge in [-0.15, -0.1) is 0 Å². The highest BCUT2D eigenvalue weighted by atomic mass is 16.5. The van der Waals surface area contributed by atoms with Crippen LogP contribution in [0.3, 0.4) is 0 Å². The van der Waals surface area contributed by atoms with Crippen LogP contribution in [0.25, 0.3) is 0 Å². The van der Waals surface area contributed by atoms with Gasteiger partial charge in [0.25, 0.3) is 0 Å². The number of likely N-dealkylation sites (N-methyl/N-ethyl adjacent to an activating group) is 1. The molecule has 0 unspecified atom stereocenters. The van der Waals surface area contributed by atoms with Gasteiger partial charge in [-0.05, 0) is 29.8 Å². The first-order valence-electron chi connectivity index (χ1n) is 8.99. The van der Waals surface area contributed by atoms with Crippen molar-refractivity contribution in [2.75, 3.05) is 52.3 Å². The Morgan fingerprint density at radius 3 is 2.12 bits per heavy atom. The first-order valence-corrected chi connectivity index (χ1v) is 8.99. The lowest BCUT2D eigenvalue weighted by molar-refractivity contribution is -0.134. The van der Waals surface area contributed by atoms with Crippen molar-refractivity contribution in [1.29, 1.82) is 0 Å². The van der Waals surface area contributed by atoms with Crippen LogP contribution < -0.4 is 9.64 Å². The number of carbonyl (C=O) groups is 1. The van der Waals surface area contributed by atoms with E-state index in [1.165, 1.54) is 5.69 Å². The molecule has 0 N–H and O–H groups in total. The fourth-order valence-corrected chi connectivity index (χ4v) is 3.42. The van der Waals surface area contributed by atoms with Gasteiger partial charge in [-0.1, -0.05) is 30.3 Å². The predicted octanol–water partition coefficient (Wildman–Crippen LogP) is 2.65. The van der Waals surface area contributed by atoms with Crippen LogP contribution in [-0.2, 0) is 4.79 Å². The molecular weight excluding hydrogens is 326 g/mol. The standard InChI is InChI=1S/C21H27N3O2/c1-22(2)21(25)20(17-7-5-4-6-8-17)24-15-13-23(14-16-24)18-9-11-19(26-3)12-10-18/h4-12,20H,13-16H2,1-3H3/t20-/m0/s1. The van der Waals surface area contributed by atoms with Gasteiger partial charge in [-0.25, -0.2) is 0 Å². The quantitative estimate of drug-likeness (QED) is 0.828. The van der Waals surface area contributed by atoms with Crippen LogP contribution in [0.15, 0.2) is 54.6 Å². The number of nitrogens with zero attached hydrogens (tertiary/aromatic N) is 3. The molecule has 5 heteroatoms. The second kappa shape index (κ2) is 8.23. The average molecular weight is 353 g/mol. The molecule has 0 radical (unpaired) electrons. The van der Waals surface area contributed by atoms with E-state index in [0.29, 0.717) is 0 Å². The molecular formula is C21H27N3O2. The minimum Gasteiger partial charge on any atom is -0.497 e. The van der Waals surface area contributed by atoms with Crippen molar-refractivity contribution in [2.24, 2.45) is 0 Å². The zero-order valence-electron chi connectivity index (χ0n) is 15.8. The first-order chi connectivity index (χ1) is 12.6. The van der Waals surface area contributed by atoms with E-state index >= 15 is 0 Å². The third-order valence-electron chi connectivity index (χ3n) is 4.91. The maximum Gasteiger partial charge on any atom is 0.244 e. The lowest BCUT2D eigenvalue weighted by atomic mass is 10.0. The molecule has 1 aliphatic heterocycles. The molecule has 2 aromatic rings. The average Bonchev–Trinajstić information content (AvgIpc) is 2.69. The van der Waals surface area contributed by atoms with Gasteiger partial charge in [0.15, 0.2) is 0 Å². The van der Waals surface area contributed by atoms with E-state index in [9.17, 15) is 4.79 Å². The maximum atomic E-state index is 12.8. The highest BCUT2D eigenvalue weighted by Gasteiger charge is 2.31. The first kappa shape index (κ1) is 18.3. The Bertz CT molecular complexity index is 708. The SMILES string of the molecule is COc1ccc(N2CCN([C@H](C(=O)N(C)C)c3ccccc3)CC2)cc1. The Morgan fingerprint density at radius 2 is 1.58 bits per heavy atom. The monoisotopic (exact) mass is 353 g/mol. The third kappa shape index (κ3) is 3.99. The topological polar surface area (TPSA) is 36.0 Å². The summed E-state index contributed by atoms with van der Waals surface area (Å²) < 4.78 is 5.23. The molecule has 138 valence electrons. The highest BCUT2D eigenvalue weighted by molar-refractivity contribution is 5.83. The van der Waals surface area contributed by atoms with Crippen molar-refractivity contribution in [1.82, 2.24) is 9.80 Å². The minimum absolute atomic E-state index is 0.133. The van der Waals surface area contributed by atoms with Crippen molar-refractivity contribution in [3.8, 4) is 5.75 Å². The molecule has 0 saturated carbocycles. The molecule has 1 aliphatic rings. The van der Waals surface area contributed by atoms with E-state index in [2.05, 4.69) is 21.9 Å². The number of hydrogen-bond donors (Lipinski definition) is 0. The van der Waals surface area contributed by atoms with Crippen LogP contribution in [0.5, 0.6) is 5.75 Å². The largest absolute Gasteiger partial charge is 0.497 e. The van der Waals surface area contributed by atoms with E-state index < -0.39 is 0 Å². The van der Waals surface area contributed by atoms with Gasteiger partial charge in [0.2, 0.25) is 5.91 Å². The minimum atomic E-state index is -0.218. The molecule has 1 atom stereocenters. The summed E-state index contributed by atoms with van der Waals surface area (Å²) >= 11 is 0. The van der Waals surface area contributed by atoms with Crippen LogP contribution in [0.1, 0.15) is 11.6 Å². The Balaban J connectivity index is 1.72. The van der Waals surface area contributed by atoms with E-state index in [1.807, 2.05) is 56.6 Å². The summed E-state index contributed by atoms with van der Waals surface area (Å²) in [5.74, 6) is 1.00. The Labute approximate surface area is 155 Å². The van der Waals surface area contributed by atoms with Gasteiger partial charge in [-0.2, -0.15) is 0 Å². The molecule has 0 aliphatic carbocycles. The Hall–Kier alpha value is -2.53. The summed E-state index contributed by atoms with van der Waals surface area (Å²) in [6.07, 6.45) is 0. The number of carbonyl (C=O) groups excluding carboxylic acids is 1. The normalized spacial score (nSPS) is 16.2. The molecule has 1 amide bonds. The number of amides is 1. The van der Waals surface area contributed by atoms with Gasteiger partial charge in [0, 0.05) is 46.0 Å². The van der Waals surface area contributed by atoms with Gasteiger partial charge >= 0.3 is 0 Å². The van der Waals surface area contributed by atoms with E-state index in [-0.39, 0.29) is 11.9 Å². The van der Waals surface area contributed by atoms with E-state index in [1.54, 1.807) is 12.0 Å². The molecule has 0 bridgehead atoms. The number of methoxy groups -OCH3 is 1. The molecule has 0 spiro atoms. The summed E-state index contributed by atoms with van der Waals surface area (Å²) in [7, 11) is 5.33. The van der Waals surface area contributed by atoms with Crippen molar-refractivity contribution in [3.63, 3.8) is 0 Å². The van der Waals surface area contributed by atoms with Crippen molar-refractivity contribution < 1.29 is 9.53 Å². The van der Waals surface area contributed by atoms with Crippen LogP contribution in [-0.4, -0.2) is 63.1 Å². The van der Waals surface area contributed by atoms with Crippen molar-refractivity contribution in [3.05, 3.63) is 60.2 Å². The fraction of sp³-hybridized carbons (Fsp3) is 0.381. The summed E-state index contributed by atoms with van der Waals surface area (Å²) in [4.78, 5) is 19.2. The molecule has 0 aromatic heterocycles. The zero-order valence-corrected chi connectivity index (χ0v) is 15.8. The number of benzene rings is 2. The number of anilines is 1. The number of hydrogen-bond acceptors (Lipinski definition) is 4. The Morgan fingerprint density at radius 1 is 0.962 bits per heavy atom. The van der Waals surface area contributed by atoms with Crippen LogP contribution in [0, 0.1) is 0 Å². The van der Waals surface area contributed by atoms with Crippen molar-refractivity contribution in [2.45, 2.75) is 6.04 Å². The van der Waals surface area contributed by atoms with Crippen LogP contribution >= 0.6 is 0 Å². The molecule has 3 rings (SSSR count). The summed E-state index contributed by atoms with van der Waals surface area (Å²) in [6, 6.07) is 18.0. The summed E-state index contributed by atoms with van der Waals surface area (Å²) in [6.45, 7) is 3.50. The second-order valence-electron chi connectivity index (χ2n) is 6.77. The van der Waals surface area contributed by atoms with Gasteiger partial charge in [0.1, 0.15) is 11.8 Å². The van der Waals surface area contributed by atoms with E-state index in [4.69, 9.17) is 4.74 Å². The summed E-state index contributed by atoms with van der Waals surface area (Å²) in [5, 5.41) is 0. The van der Waals surface area contributed by atoms with E-state index in [0.717, 1.165) is 37.5 Å². The molecule has 26 heavy (non-hydrogen) atoms. The van der Waals surface area contributed by atoms with Gasteiger partial charge in [0.05, 0.1) is 7.11 Å². The molecule has 5 nitrogen and oxygen atoms in total. The van der Waals surface area contributed by atoms with Crippen LogP contribution in [0.2, 0.25) is 0 Å². The summed E-state index contributed by atoms with van der Waals surface area (Å²) in [5.41, 5.74) is 2.25. The van der Waals surface area contributed by atoms with Gasteiger partial charge in [-0.3, -0.25) is 9.69 Å². The van der Waals surface area contributed by atoms with Gasteiger partial charge < -0.3 is 14.5 Å². The Kier molecular flexibility index (Phi) is 5.78. The number of rotatable bonds is 5. The molecule has 1 heterocycles. The lowest BCUT2D eigenvalue weighted by Gasteiger charge is -2.40. The number of piperazine rings is 1. The van der Waals surface area contributed by atoms with Crippen LogP contribution in [0.4, 0.5) is 5.69 Å². The third-order valence-corrected chi connectivity index (χ3v) is 4.91. The zero-order chi connectivity index (χ0) is 18.5. The highest BCUT2D eigenvalue weighted by Crippen LogP contribution is 2.26. The predicted molar refractivity (Wildman–Crippen MR) is 105 cm³/mol. The number of ether oxygens (including phenoxy) is 1. The fourth-order valence-electron chi connectivity index (χ4n) is 3.42. The smallest absolute Gasteiger partial charge is 0.244 e. The maximum absolute atomic E-state index is 12.8.